The molecule has 0 aliphatic heterocycles. The Hall–Kier alpha value is -4.34. The molecule has 0 saturated carbocycles. The molecule has 0 unspecified atom stereocenters. The van der Waals surface area contributed by atoms with Gasteiger partial charge in [0.25, 0.3) is 0 Å². The zero-order chi connectivity index (χ0) is 30.9. The summed E-state index contributed by atoms with van der Waals surface area (Å²) in [4.78, 5) is 12.6. The minimum atomic E-state index is -4.28. The number of benzene rings is 1. The van der Waals surface area contributed by atoms with Crippen LogP contribution in [0, 0.1) is 0 Å². The van der Waals surface area contributed by atoms with Crippen LogP contribution >= 0.6 is 0 Å². The summed E-state index contributed by atoms with van der Waals surface area (Å²) in [5.74, 6) is 1.03. The molecule has 2 N–H and O–H groups in total. The van der Waals surface area contributed by atoms with E-state index in [0.29, 0.717) is 28.8 Å². The Bertz CT molecular complexity index is 1530. The maximum atomic E-state index is 13.8. The van der Waals surface area contributed by atoms with E-state index in [1.54, 1.807) is 36.4 Å². The molecule has 2 atom stereocenters. The highest BCUT2D eigenvalue weighted by Crippen LogP contribution is 2.37. The van der Waals surface area contributed by atoms with Crippen molar-refractivity contribution < 1.29 is 32.5 Å². The van der Waals surface area contributed by atoms with Crippen molar-refractivity contribution in [2.45, 2.75) is 32.1 Å². The van der Waals surface area contributed by atoms with E-state index in [1.807, 2.05) is 13.8 Å². The number of hydrogen-bond acceptors (Lipinski definition) is 11. The smallest absolute Gasteiger partial charge is 0.243 e. The number of hydrogen-bond donors (Lipinski definition) is 2. The molecule has 2 heterocycles. The first-order valence-corrected chi connectivity index (χ1v) is 14.3. The number of methoxy groups -OCH3 is 3. The number of aliphatic hydroxyl groups excluding tert-OH is 1. The van der Waals surface area contributed by atoms with Gasteiger partial charge in [-0.2, -0.15) is 0 Å². The van der Waals surface area contributed by atoms with E-state index >= 15 is 0 Å². The highest BCUT2D eigenvalue weighted by molar-refractivity contribution is 7.93. The molecule has 0 aliphatic carbocycles. The quantitative estimate of drug-likeness (QED) is 0.207. The number of nitrogens with zero attached hydrogens (tertiary/aromatic N) is 6. The fraction of sp³-hybridized carbons (Fsp3) is 0.370. The number of anilines is 1. The van der Waals surface area contributed by atoms with Crippen LogP contribution in [0.1, 0.15) is 20.8 Å². The van der Waals surface area contributed by atoms with E-state index in [0.717, 1.165) is 5.57 Å². The first-order chi connectivity index (χ1) is 20.1. The highest BCUT2D eigenvalue weighted by Gasteiger charge is 2.36. The molecule has 2 aromatic heterocycles. The van der Waals surface area contributed by atoms with Crippen molar-refractivity contribution in [1.82, 2.24) is 19.7 Å². The largest absolute Gasteiger partial charge is 0.494 e. The molecule has 0 amide bonds. The van der Waals surface area contributed by atoms with Crippen molar-refractivity contribution in [3.05, 3.63) is 48.2 Å². The summed E-state index contributed by atoms with van der Waals surface area (Å²) in [7, 11) is 0.130. The molecule has 0 aliphatic rings. The number of nitrogens with one attached hydrogen (secondary N) is 1. The number of ether oxygens (including phenoxy) is 4. The lowest BCUT2D eigenvalue weighted by Crippen LogP contribution is -2.42. The molecule has 1 aromatic carbocycles. The predicted octanol–water partition coefficient (Wildman–Crippen LogP) is 2.89. The molecular formula is C27H35N7O7S. The molecule has 0 bridgehead atoms. The summed E-state index contributed by atoms with van der Waals surface area (Å²) in [5.41, 5.74) is 1.51. The molecule has 3 rings (SSSR count). The number of para-hydroxylation sites is 1. The lowest BCUT2D eigenvalue weighted by molar-refractivity contribution is 0.0638. The van der Waals surface area contributed by atoms with Gasteiger partial charge in [-0.25, -0.2) is 23.4 Å². The lowest BCUT2D eigenvalue weighted by Gasteiger charge is -2.24. The fourth-order valence-corrected chi connectivity index (χ4v) is 4.91. The van der Waals surface area contributed by atoms with Crippen molar-refractivity contribution in [3.63, 3.8) is 0 Å². The number of pyridine rings is 1. The number of amidine groups is 1. The van der Waals surface area contributed by atoms with Crippen LogP contribution in [0.5, 0.6) is 17.4 Å². The highest BCUT2D eigenvalue weighted by atomic mass is 32.2. The third-order valence-electron chi connectivity index (χ3n) is 5.86. The summed E-state index contributed by atoms with van der Waals surface area (Å²) in [6, 6.07) is 10.1. The Balaban J connectivity index is 2.20. The monoisotopic (exact) mass is 601 g/mol. The number of sulfonamides is 1. The zero-order valence-electron chi connectivity index (χ0n) is 24.3. The molecular weight excluding hydrogens is 566 g/mol. The second kappa shape index (κ2) is 14.5. The summed E-state index contributed by atoms with van der Waals surface area (Å²) in [5, 5.41) is 16.5. The van der Waals surface area contributed by atoms with Gasteiger partial charge in [-0.1, -0.05) is 17.7 Å². The summed E-state index contributed by atoms with van der Waals surface area (Å²) in [6.45, 7) is 8.08. The Morgan fingerprint density at radius 3 is 2.33 bits per heavy atom. The van der Waals surface area contributed by atoms with Crippen LogP contribution in [0.25, 0.3) is 17.2 Å². The van der Waals surface area contributed by atoms with Gasteiger partial charge in [0.2, 0.25) is 21.9 Å². The molecule has 0 fully saturated rings. The molecule has 226 valence electrons. The van der Waals surface area contributed by atoms with Crippen molar-refractivity contribution >= 4 is 28.5 Å². The van der Waals surface area contributed by atoms with Gasteiger partial charge in [0, 0.05) is 12.3 Å². The first kappa shape index (κ1) is 32.2. The normalized spacial score (nSPS) is 13.2. The standard InChI is InChI=1S/C27H35N7O7S/c1-17(2)16-29-25(28-4)24(41-15-14-35)18(3)42(36,37)33-27-32-31-26(19-10-8-13-22(30-19)40-7)34(27)23-20(38-5)11-9-12-21(23)39-6/h8-13,16,18,24,35H,4,14-15H2,1-3,5-7H3,(H,32,33)/b29-25-/t18-,24-/m1/s1. The van der Waals surface area contributed by atoms with Crippen LogP contribution in [-0.4, -0.2) is 91.7 Å². The van der Waals surface area contributed by atoms with E-state index in [-0.39, 0.29) is 30.8 Å². The summed E-state index contributed by atoms with van der Waals surface area (Å²) >= 11 is 0. The topological polar surface area (TPSA) is 172 Å². The molecule has 42 heavy (non-hydrogen) atoms. The van der Waals surface area contributed by atoms with Gasteiger partial charge in [0.1, 0.15) is 34.2 Å². The van der Waals surface area contributed by atoms with Crippen molar-refractivity contribution in [2.75, 3.05) is 39.3 Å². The fourth-order valence-electron chi connectivity index (χ4n) is 3.82. The van der Waals surface area contributed by atoms with E-state index in [1.165, 1.54) is 39.0 Å². The van der Waals surface area contributed by atoms with Gasteiger partial charge in [0.05, 0.1) is 34.5 Å². The van der Waals surface area contributed by atoms with E-state index in [9.17, 15) is 13.5 Å². The third kappa shape index (κ3) is 7.29. The van der Waals surface area contributed by atoms with Gasteiger partial charge in [-0.15, -0.1) is 10.2 Å². The van der Waals surface area contributed by atoms with Crippen molar-refractivity contribution in [3.8, 4) is 34.6 Å². The average Bonchev–Trinajstić information content (AvgIpc) is 3.39. The van der Waals surface area contributed by atoms with Crippen molar-refractivity contribution in [1.29, 1.82) is 0 Å². The van der Waals surface area contributed by atoms with Gasteiger partial charge < -0.3 is 24.1 Å². The van der Waals surface area contributed by atoms with E-state index in [4.69, 9.17) is 18.9 Å². The predicted molar refractivity (Wildman–Crippen MR) is 159 cm³/mol. The first-order valence-electron chi connectivity index (χ1n) is 12.7. The molecule has 0 radical (unpaired) electrons. The maximum absolute atomic E-state index is 13.8. The molecule has 0 saturated heterocycles. The number of aromatic nitrogens is 4. The van der Waals surface area contributed by atoms with E-state index in [2.05, 4.69) is 36.6 Å². The minimum absolute atomic E-state index is 0.0247. The molecule has 15 heteroatoms. The SMILES string of the molecule is C=N/C(=N\C=C(C)C)[C@H](OCCO)[C@@H](C)S(=O)(=O)Nc1nnc(-c2cccc(OC)n2)n1-c1c(OC)cccc1OC. The van der Waals surface area contributed by atoms with Crippen LogP contribution in [0.15, 0.2) is 58.2 Å². The van der Waals surface area contributed by atoms with Crippen LogP contribution < -0.4 is 18.9 Å². The Labute approximate surface area is 244 Å². The number of rotatable bonds is 14. The summed E-state index contributed by atoms with van der Waals surface area (Å²) in [6.07, 6.45) is 0.337. The van der Waals surface area contributed by atoms with Gasteiger partial charge in [-0.3, -0.25) is 9.29 Å². The molecule has 0 spiro atoms. The number of allylic oxidation sites excluding steroid dienone is 1. The Kier molecular flexibility index (Phi) is 11.1. The second-order valence-corrected chi connectivity index (χ2v) is 11.0. The van der Waals surface area contributed by atoms with Crippen LogP contribution in [0.2, 0.25) is 0 Å². The lowest BCUT2D eigenvalue weighted by atomic mass is 10.2. The second-order valence-electron chi connectivity index (χ2n) is 8.98. The van der Waals surface area contributed by atoms with Gasteiger partial charge in [0.15, 0.2) is 11.7 Å². The van der Waals surface area contributed by atoms with Crippen molar-refractivity contribution in [2.24, 2.45) is 9.98 Å². The van der Waals surface area contributed by atoms with E-state index < -0.39 is 21.4 Å². The Morgan fingerprint density at radius 2 is 1.76 bits per heavy atom. The zero-order valence-corrected chi connectivity index (χ0v) is 25.1. The Morgan fingerprint density at radius 1 is 1.10 bits per heavy atom. The van der Waals surface area contributed by atoms with Gasteiger partial charge >= 0.3 is 0 Å². The molecule has 3 aromatic rings. The minimum Gasteiger partial charge on any atom is -0.494 e. The number of aliphatic hydroxyl groups is 1. The third-order valence-corrected chi connectivity index (χ3v) is 7.55. The van der Waals surface area contributed by atoms with Gasteiger partial charge in [-0.05, 0) is 45.7 Å². The van der Waals surface area contributed by atoms with Crippen LogP contribution in [0.3, 0.4) is 0 Å². The maximum Gasteiger partial charge on any atom is 0.243 e. The molecule has 14 nitrogen and oxygen atoms in total. The number of aliphatic imine (C=N–C) groups is 2. The summed E-state index contributed by atoms with van der Waals surface area (Å²) < 4.78 is 53.8. The van der Waals surface area contributed by atoms with Crippen LogP contribution in [0.4, 0.5) is 5.95 Å². The van der Waals surface area contributed by atoms with Crippen LogP contribution in [-0.2, 0) is 14.8 Å². The average molecular weight is 602 g/mol.